The van der Waals surface area contributed by atoms with Crippen LogP contribution in [0.15, 0.2) is 0 Å². The van der Waals surface area contributed by atoms with Gasteiger partial charge >= 0.3 is 17.9 Å². The molecule has 1 aliphatic rings. The molecule has 1 N–H and O–H groups in total. The minimum Gasteiger partial charge on any atom is -0.457 e. The summed E-state index contributed by atoms with van der Waals surface area (Å²) in [6.07, 6.45) is -7.13. The summed E-state index contributed by atoms with van der Waals surface area (Å²) in [5.74, 6) is -1.98. The summed E-state index contributed by atoms with van der Waals surface area (Å²) >= 11 is 0. The quantitative estimate of drug-likeness (QED) is 0.451. The molecule has 0 bridgehead atoms. The van der Waals surface area contributed by atoms with Crippen LogP contribution in [0.5, 0.6) is 0 Å². The molecule has 0 aromatic carbocycles. The maximum atomic E-state index is 11.5. The maximum Gasteiger partial charge on any atom is 0.303 e. The van der Waals surface area contributed by atoms with Gasteiger partial charge in [-0.3, -0.25) is 14.4 Å². The summed E-state index contributed by atoms with van der Waals surface area (Å²) in [5, 5.41) is 10.2. The first-order chi connectivity index (χ1) is 11.7. The number of aliphatic hydroxyl groups is 1. The largest absolute Gasteiger partial charge is 0.457 e. The minimum absolute atomic E-state index is 0.0980. The van der Waals surface area contributed by atoms with Crippen LogP contribution in [0.4, 0.5) is 0 Å². The van der Waals surface area contributed by atoms with Crippen LogP contribution >= 0.6 is 0 Å². The average Bonchev–Trinajstić information content (AvgIpc) is 2.48. The molecule has 0 aromatic rings. The van der Waals surface area contributed by atoms with Crippen molar-refractivity contribution in [3.63, 3.8) is 0 Å². The van der Waals surface area contributed by atoms with Crippen LogP contribution < -0.4 is 0 Å². The van der Waals surface area contributed by atoms with E-state index in [0.717, 1.165) is 13.8 Å². The van der Waals surface area contributed by atoms with Crippen LogP contribution in [0.25, 0.3) is 0 Å². The van der Waals surface area contributed by atoms with Gasteiger partial charge in [0.1, 0.15) is 12.2 Å². The van der Waals surface area contributed by atoms with Gasteiger partial charge in [-0.2, -0.15) is 0 Å². The zero-order chi connectivity index (χ0) is 19.1. The van der Waals surface area contributed by atoms with Crippen molar-refractivity contribution in [2.75, 3.05) is 20.8 Å². The van der Waals surface area contributed by atoms with E-state index in [-0.39, 0.29) is 6.61 Å². The Bertz CT molecular complexity index is 479. The van der Waals surface area contributed by atoms with E-state index in [9.17, 15) is 19.5 Å². The lowest BCUT2D eigenvalue weighted by Crippen LogP contribution is -2.64. The highest BCUT2D eigenvalue weighted by molar-refractivity contribution is 5.68. The van der Waals surface area contributed by atoms with Gasteiger partial charge < -0.3 is 33.5 Å². The number of ether oxygens (including phenoxy) is 6. The van der Waals surface area contributed by atoms with Gasteiger partial charge in [-0.1, -0.05) is 0 Å². The Kier molecular flexibility index (Phi) is 8.23. The van der Waals surface area contributed by atoms with E-state index >= 15 is 0 Å². The van der Waals surface area contributed by atoms with Crippen LogP contribution in [0, 0.1) is 0 Å². The molecule has 0 spiro atoms. The van der Waals surface area contributed by atoms with Gasteiger partial charge in [-0.25, -0.2) is 0 Å². The monoisotopic (exact) mass is 364 g/mol. The molecule has 144 valence electrons. The molecule has 0 saturated carbocycles. The van der Waals surface area contributed by atoms with Crippen molar-refractivity contribution in [3.05, 3.63) is 0 Å². The predicted octanol–water partition coefficient (Wildman–Crippen LogP) is -0.840. The van der Waals surface area contributed by atoms with Gasteiger partial charge in [0.05, 0.1) is 6.61 Å². The first-order valence-electron chi connectivity index (χ1n) is 7.58. The molecule has 0 amide bonds. The number of hydrogen-bond acceptors (Lipinski definition) is 10. The number of carbonyl (C=O) groups is 3. The lowest BCUT2D eigenvalue weighted by molar-refractivity contribution is -0.308. The predicted molar refractivity (Wildman–Crippen MR) is 80.2 cm³/mol. The second-order valence-corrected chi connectivity index (χ2v) is 5.44. The Labute approximate surface area is 145 Å². The van der Waals surface area contributed by atoms with Crippen molar-refractivity contribution >= 4 is 17.9 Å². The number of carbonyl (C=O) groups excluding carboxylic acids is 3. The van der Waals surface area contributed by atoms with Gasteiger partial charge in [0.2, 0.25) is 0 Å². The highest BCUT2D eigenvalue weighted by atomic mass is 16.7. The van der Waals surface area contributed by atoms with E-state index in [4.69, 9.17) is 28.4 Å². The van der Waals surface area contributed by atoms with Crippen LogP contribution in [-0.4, -0.2) is 80.7 Å². The first kappa shape index (κ1) is 21.3. The molecule has 6 atom stereocenters. The Morgan fingerprint density at radius 1 is 0.960 bits per heavy atom. The molecular weight excluding hydrogens is 340 g/mol. The fourth-order valence-electron chi connectivity index (χ4n) is 2.63. The number of rotatable bonds is 7. The standard InChI is InChI=1S/C15H24O10/c1-7(16)22-10(6-20-4)11-12(23-8(2)17)13(24-9(3)18)14(21-5)15(19)25-11/h10-15,19H,6H2,1-5H3/t10-,11-,12-,13+,14-,15?/m1/s1. The summed E-state index contributed by atoms with van der Waals surface area (Å²) in [4.78, 5) is 34.3. The van der Waals surface area contributed by atoms with Crippen molar-refractivity contribution in [2.24, 2.45) is 0 Å². The number of aliphatic hydroxyl groups excluding tert-OH is 1. The van der Waals surface area contributed by atoms with E-state index in [1.807, 2.05) is 0 Å². The minimum atomic E-state index is -1.51. The SMILES string of the molecule is COC[C@@H](OC(C)=O)[C@H]1OC(O)[C@H](OC)[C@@H](OC(C)=O)[C@@H]1OC(C)=O. The summed E-state index contributed by atoms with van der Waals surface area (Å²) in [6, 6.07) is 0. The zero-order valence-electron chi connectivity index (χ0n) is 14.8. The molecule has 1 fully saturated rings. The van der Waals surface area contributed by atoms with Crippen molar-refractivity contribution in [2.45, 2.75) is 57.6 Å². The van der Waals surface area contributed by atoms with E-state index in [2.05, 4.69) is 0 Å². The van der Waals surface area contributed by atoms with Crippen molar-refractivity contribution in [1.82, 2.24) is 0 Å². The van der Waals surface area contributed by atoms with Crippen LogP contribution in [0.2, 0.25) is 0 Å². The summed E-state index contributed by atoms with van der Waals surface area (Å²) in [5.41, 5.74) is 0. The zero-order valence-corrected chi connectivity index (χ0v) is 14.8. The van der Waals surface area contributed by atoms with E-state index in [0.29, 0.717) is 0 Å². The lowest BCUT2D eigenvalue weighted by atomic mass is 9.94. The molecule has 10 heteroatoms. The third-order valence-electron chi connectivity index (χ3n) is 3.44. The van der Waals surface area contributed by atoms with Crippen molar-refractivity contribution in [1.29, 1.82) is 0 Å². The van der Waals surface area contributed by atoms with Gasteiger partial charge in [-0.05, 0) is 0 Å². The fourth-order valence-corrected chi connectivity index (χ4v) is 2.63. The van der Waals surface area contributed by atoms with Gasteiger partial charge in [0.15, 0.2) is 24.6 Å². The number of hydrogen-bond donors (Lipinski definition) is 1. The van der Waals surface area contributed by atoms with Gasteiger partial charge in [-0.15, -0.1) is 0 Å². The second-order valence-electron chi connectivity index (χ2n) is 5.44. The van der Waals surface area contributed by atoms with Crippen LogP contribution in [0.1, 0.15) is 20.8 Å². The molecule has 1 rings (SSSR count). The smallest absolute Gasteiger partial charge is 0.303 e. The second kappa shape index (κ2) is 9.66. The third kappa shape index (κ3) is 5.92. The van der Waals surface area contributed by atoms with Gasteiger partial charge in [0, 0.05) is 35.0 Å². The number of methoxy groups -OCH3 is 2. The first-order valence-corrected chi connectivity index (χ1v) is 7.58. The third-order valence-corrected chi connectivity index (χ3v) is 3.44. The highest BCUT2D eigenvalue weighted by Crippen LogP contribution is 2.30. The van der Waals surface area contributed by atoms with E-state index in [1.165, 1.54) is 21.1 Å². The van der Waals surface area contributed by atoms with Crippen molar-refractivity contribution in [3.8, 4) is 0 Å². The molecule has 0 aromatic heterocycles. The molecule has 10 nitrogen and oxygen atoms in total. The Morgan fingerprint density at radius 2 is 1.52 bits per heavy atom. The summed E-state index contributed by atoms with van der Waals surface area (Å²) in [6.45, 7) is 3.41. The Morgan fingerprint density at radius 3 is 1.96 bits per heavy atom. The molecular formula is C15H24O10. The molecule has 0 radical (unpaired) electrons. The maximum absolute atomic E-state index is 11.5. The molecule has 1 saturated heterocycles. The van der Waals surface area contributed by atoms with Gasteiger partial charge in [0.25, 0.3) is 0 Å². The van der Waals surface area contributed by atoms with Crippen molar-refractivity contribution < 1.29 is 47.9 Å². The summed E-state index contributed by atoms with van der Waals surface area (Å²) in [7, 11) is 2.65. The topological polar surface area (TPSA) is 127 Å². The molecule has 1 unspecified atom stereocenters. The molecule has 1 heterocycles. The normalized spacial score (nSPS) is 30.2. The molecule has 25 heavy (non-hydrogen) atoms. The van der Waals surface area contributed by atoms with Crippen LogP contribution in [0.3, 0.4) is 0 Å². The Hall–Kier alpha value is -1.75. The van der Waals surface area contributed by atoms with E-state index in [1.54, 1.807) is 0 Å². The van der Waals surface area contributed by atoms with E-state index < -0.39 is 54.7 Å². The number of esters is 3. The highest BCUT2D eigenvalue weighted by Gasteiger charge is 2.53. The molecule has 0 aliphatic carbocycles. The fraction of sp³-hybridized carbons (Fsp3) is 0.800. The lowest BCUT2D eigenvalue weighted by Gasteiger charge is -2.44. The summed E-state index contributed by atoms with van der Waals surface area (Å²) < 4.78 is 31.1. The molecule has 1 aliphatic heterocycles. The average molecular weight is 364 g/mol. The Balaban J connectivity index is 3.23. The van der Waals surface area contributed by atoms with Crippen LogP contribution in [-0.2, 0) is 42.8 Å².